The Hall–Kier alpha value is -1.20. The molecule has 5 heteroatoms. The second kappa shape index (κ2) is 6.99. The van der Waals surface area contributed by atoms with Crippen LogP contribution in [0.5, 0.6) is 0 Å². The van der Waals surface area contributed by atoms with Gasteiger partial charge in [0.2, 0.25) is 5.91 Å². The van der Waals surface area contributed by atoms with Crippen LogP contribution in [0.4, 0.5) is 0 Å². The van der Waals surface area contributed by atoms with E-state index in [-0.39, 0.29) is 23.8 Å². The number of hydrogen-bond acceptors (Lipinski definition) is 4. The molecule has 0 aliphatic carbocycles. The molecule has 1 fully saturated rings. The van der Waals surface area contributed by atoms with Gasteiger partial charge >= 0.3 is 0 Å². The zero-order chi connectivity index (χ0) is 14.5. The summed E-state index contributed by atoms with van der Waals surface area (Å²) in [5.74, 6) is 0.125. The molecule has 0 radical (unpaired) electrons. The summed E-state index contributed by atoms with van der Waals surface area (Å²) < 4.78 is 0. The molecule has 4 nitrogen and oxygen atoms in total. The quantitative estimate of drug-likeness (QED) is 0.848. The molecule has 2 heterocycles. The molecule has 2 unspecified atom stereocenters. The van der Waals surface area contributed by atoms with Crippen molar-refractivity contribution in [2.24, 2.45) is 5.73 Å². The lowest BCUT2D eigenvalue weighted by molar-refractivity contribution is -0.135. The summed E-state index contributed by atoms with van der Waals surface area (Å²) in [7, 11) is 0. The predicted octanol–water partition coefficient (Wildman–Crippen LogP) is 2.44. The van der Waals surface area contributed by atoms with Crippen molar-refractivity contribution in [3.8, 4) is 0 Å². The average Bonchev–Trinajstić information content (AvgIpc) is 2.98. The van der Waals surface area contributed by atoms with Gasteiger partial charge in [-0.25, -0.2) is 0 Å². The number of nitrogens with two attached hydrogens (primary N) is 1. The Bertz CT molecular complexity index is 456. The molecule has 0 saturated carbocycles. The molecule has 0 spiro atoms. The van der Waals surface area contributed by atoms with E-state index in [0.717, 1.165) is 30.7 Å². The van der Waals surface area contributed by atoms with E-state index in [4.69, 9.17) is 5.73 Å². The van der Waals surface area contributed by atoms with Crippen molar-refractivity contribution in [1.29, 1.82) is 0 Å². The Balaban J connectivity index is 1.88. The molecule has 110 valence electrons. The standard InChI is InChI=1S/C15H22N2O2S/c1-11(16)12-5-2-3-9-17(12)15(19)8-7-13(18)14-6-4-10-20-14/h4,6,10-12H,2-3,5,7-9,16H2,1H3. The molecule has 2 rings (SSSR count). The summed E-state index contributed by atoms with van der Waals surface area (Å²) in [6, 6.07) is 3.79. The van der Waals surface area contributed by atoms with Crippen molar-refractivity contribution in [2.45, 2.75) is 51.1 Å². The number of ketones is 1. The number of carbonyl (C=O) groups is 2. The first-order valence-electron chi connectivity index (χ1n) is 7.21. The molecule has 2 N–H and O–H groups in total. The SMILES string of the molecule is CC(N)C1CCCCN1C(=O)CCC(=O)c1cccs1. The molecule has 1 amide bonds. The highest BCUT2D eigenvalue weighted by molar-refractivity contribution is 7.12. The van der Waals surface area contributed by atoms with Crippen LogP contribution in [0.2, 0.25) is 0 Å². The number of Topliss-reactive ketones (excluding diaryl/α,β-unsaturated/α-hetero) is 1. The first-order valence-corrected chi connectivity index (χ1v) is 8.09. The largest absolute Gasteiger partial charge is 0.338 e. The fourth-order valence-electron chi connectivity index (χ4n) is 2.74. The highest BCUT2D eigenvalue weighted by Crippen LogP contribution is 2.21. The smallest absolute Gasteiger partial charge is 0.223 e. The van der Waals surface area contributed by atoms with Gasteiger partial charge in [-0.15, -0.1) is 11.3 Å². The van der Waals surface area contributed by atoms with E-state index in [9.17, 15) is 9.59 Å². The Kier molecular flexibility index (Phi) is 5.31. The molecule has 1 aliphatic heterocycles. The highest BCUT2D eigenvalue weighted by atomic mass is 32.1. The first-order chi connectivity index (χ1) is 9.59. The Morgan fingerprint density at radius 2 is 2.25 bits per heavy atom. The van der Waals surface area contributed by atoms with Gasteiger partial charge in [-0.1, -0.05) is 6.07 Å². The summed E-state index contributed by atoms with van der Waals surface area (Å²) in [5.41, 5.74) is 5.97. The molecular formula is C15H22N2O2S. The molecule has 20 heavy (non-hydrogen) atoms. The van der Waals surface area contributed by atoms with E-state index in [1.807, 2.05) is 29.3 Å². The number of rotatable bonds is 5. The first kappa shape index (κ1) is 15.2. The van der Waals surface area contributed by atoms with Gasteiger partial charge in [-0.2, -0.15) is 0 Å². The zero-order valence-electron chi connectivity index (χ0n) is 11.9. The summed E-state index contributed by atoms with van der Waals surface area (Å²) in [5, 5.41) is 1.88. The van der Waals surface area contributed by atoms with Gasteiger partial charge in [-0.05, 0) is 37.6 Å². The fraction of sp³-hybridized carbons (Fsp3) is 0.600. The van der Waals surface area contributed by atoms with E-state index in [2.05, 4.69) is 0 Å². The molecule has 1 aliphatic rings. The summed E-state index contributed by atoms with van der Waals surface area (Å²) in [6.07, 6.45) is 3.72. The van der Waals surface area contributed by atoms with Crippen LogP contribution >= 0.6 is 11.3 Å². The summed E-state index contributed by atoms with van der Waals surface area (Å²) in [4.78, 5) is 26.9. The Morgan fingerprint density at radius 1 is 1.45 bits per heavy atom. The number of piperidine rings is 1. The van der Waals surface area contributed by atoms with Gasteiger partial charge in [0, 0.05) is 31.5 Å². The highest BCUT2D eigenvalue weighted by Gasteiger charge is 2.29. The van der Waals surface area contributed by atoms with Crippen molar-refractivity contribution in [1.82, 2.24) is 4.90 Å². The fourth-order valence-corrected chi connectivity index (χ4v) is 3.43. The van der Waals surface area contributed by atoms with Crippen molar-refractivity contribution in [2.75, 3.05) is 6.54 Å². The molecule has 0 bridgehead atoms. The minimum absolute atomic E-state index is 0.00718. The summed E-state index contributed by atoms with van der Waals surface area (Å²) in [6.45, 7) is 2.73. The number of thiophene rings is 1. The lowest BCUT2D eigenvalue weighted by Gasteiger charge is -2.38. The number of hydrogen-bond donors (Lipinski definition) is 1. The van der Waals surface area contributed by atoms with Crippen LogP contribution < -0.4 is 5.73 Å². The van der Waals surface area contributed by atoms with Crippen LogP contribution in [-0.2, 0) is 4.79 Å². The summed E-state index contributed by atoms with van der Waals surface area (Å²) >= 11 is 1.43. The zero-order valence-corrected chi connectivity index (χ0v) is 12.7. The van der Waals surface area contributed by atoms with E-state index in [0.29, 0.717) is 12.8 Å². The number of carbonyl (C=O) groups excluding carboxylic acids is 2. The van der Waals surface area contributed by atoms with Gasteiger partial charge in [-0.3, -0.25) is 9.59 Å². The van der Waals surface area contributed by atoms with Crippen LogP contribution in [0.3, 0.4) is 0 Å². The van der Waals surface area contributed by atoms with Gasteiger partial charge in [0.25, 0.3) is 0 Å². The maximum atomic E-state index is 12.3. The van der Waals surface area contributed by atoms with Crippen LogP contribution in [0.25, 0.3) is 0 Å². The molecule has 2 atom stereocenters. The second-order valence-electron chi connectivity index (χ2n) is 5.41. The molecular weight excluding hydrogens is 272 g/mol. The molecule has 1 saturated heterocycles. The van der Waals surface area contributed by atoms with Crippen molar-refractivity contribution in [3.63, 3.8) is 0 Å². The second-order valence-corrected chi connectivity index (χ2v) is 6.36. The number of nitrogens with zero attached hydrogens (tertiary/aromatic N) is 1. The normalized spacial score (nSPS) is 20.7. The number of likely N-dealkylation sites (tertiary alicyclic amines) is 1. The average molecular weight is 294 g/mol. The third-order valence-corrected chi connectivity index (χ3v) is 4.75. The van der Waals surface area contributed by atoms with Crippen LogP contribution in [0.15, 0.2) is 17.5 Å². The van der Waals surface area contributed by atoms with E-state index < -0.39 is 0 Å². The monoisotopic (exact) mass is 294 g/mol. The van der Waals surface area contributed by atoms with Crippen LogP contribution in [0, 0.1) is 0 Å². The van der Waals surface area contributed by atoms with Gasteiger partial charge in [0.1, 0.15) is 0 Å². The third kappa shape index (κ3) is 3.67. The van der Waals surface area contributed by atoms with Gasteiger partial charge in [0.05, 0.1) is 4.88 Å². The molecule has 1 aromatic rings. The van der Waals surface area contributed by atoms with Gasteiger partial charge in [0.15, 0.2) is 5.78 Å². The topological polar surface area (TPSA) is 63.4 Å². The number of amides is 1. The van der Waals surface area contributed by atoms with E-state index >= 15 is 0 Å². The van der Waals surface area contributed by atoms with Crippen LogP contribution in [-0.4, -0.2) is 35.2 Å². The minimum Gasteiger partial charge on any atom is -0.338 e. The predicted molar refractivity (Wildman–Crippen MR) is 80.9 cm³/mol. The van der Waals surface area contributed by atoms with E-state index in [1.54, 1.807) is 0 Å². The lowest BCUT2D eigenvalue weighted by atomic mass is 9.96. The van der Waals surface area contributed by atoms with Crippen LogP contribution in [0.1, 0.15) is 48.7 Å². The minimum atomic E-state index is -0.00718. The maximum absolute atomic E-state index is 12.3. The van der Waals surface area contributed by atoms with Gasteiger partial charge < -0.3 is 10.6 Å². The van der Waals surface area contributed by atoms with Crippen molar-refractivity contribution < 1.29 is 9.59 Å². The third-order valence-electron chi connectivity index (χ3n) is 3.84. The van der Waals surface area contributed by atoms with Crippen molar-refractivity contribution >= 4 is 23.0 Å². The molecule has 1 aromatic heterocycles. The lowest BCUT2D eigenvalue weighted by Crippen LogP contribution is -2.51. The maximum Gasteiger partial charge on any atom is 0.223 e. The Morgan fingerprint density at radius 3 is 2.90 bits per heavy atom. The molecule has 0 aromatic carbocycles. The van der Waals surface area contributed by atoms with E-state index in [1.165, 1.54) is 11.3 Å². The van der Waals surface area contributed by atoms with Crippen molar-refractivity contribution in [3.05, 3.63) is 22.4 Å². The Labute approximate surface area is 124 Å².